The molecule has 0 spiro atoms. The van der Waals surface area contributed by atoms with Crippen LogP contribution in [0.5, 0.6) is 0 Å². The van der Waals surface area contributed by atoms with Crippen LogP contribution in [0.25, 0.3) is 16.8 Å². The van der Waals surface area contributed by atoms with E-state index in [2.05, 4.69) is 10.4 Å². The van der Waals surface area contributed by atoms with E-state index in [0.29, 0.717) is 10.6 Å². The molecule has 1 N–H and O–H groups in total. The molecule has 1 amide bonds. The topological polar surface area (TPSA) is 46.4 Å². The summed E-state index contributed by atoms with van der Waals surface area (Å²) in [6.07, 6.45) is 1.78. The van der Waals surface area contributed by atoms with Gasteiger partial charge in [0.1, 0.15) is 0 Å². The summed E-state index contributed by atoms with van der Waals surface area (Å²) in [7, 11) is 1.61. The molecule has 0 saturated heterocycles. The molecular formula is C15H12ClN3O. The molecule has 5 heteroatoms. The fourth-order valence-electron chi connectivity index (χ4n) is 2.04. The summed E-state index contributed by atoms with van der Waals surface area (Å²) in [5.41, 5.74) is 3.31. The molecule has 0 saturated carbocycles. The van der Waals surface area contributed by atoms with Gasteiger partial charge in [0.05, 0.1) is 11.2 Å². The molecule has 0 atom stereocenters. The number of hydrogen-bond donors (Lipinski definition) is 1. The lowest BCUT2D eigenvalue weighted by Gasteiger charge is -1.99. The summed E-state index contributed by atoms with van der Waals surface area (Å²) in [6.45, 7) is 0. The van der Waals surface area contributed by atoms with Crippen LogP contribution in [0.3, 0.4) is 0 Å². The van der Waals surface area contributed by atoms with Gasteiger partial charge in [-0.1, -0.05) is 23.7 Å². The Kier molecular flexibility index (Phi) is 3.16. The van der Waals surface area contributed by atoms with Crippen molar-refractivity contribution in [2.75, 3.05) is 7.05 Å². The lowest BCUT2D eigenvalue weighted by atomic mass is 10.1. The average Bonchev–Trinajstić information content (AvgIpc) is 2.90. The first kappa shape index (κ1) is 12.7. The second-order valence-electron chi connectivity index (χ2n) is 4.40. The number of halogens is 1. The van der Waals surface area contributed by atoms with Gasteiger partial charge in [0.2, 0.25) is 0 Å². The zero-order valence-electron chi connectivity index (χ0n) is 10.8. The quantitative estimate of drug-likeness (QED) is 0.787. The fourth-order valence-corrected chi connectivity index (χ4v) is 2.17. The van der Waals surface area contributed by atoms with E-state index in [-0.39, 0.29) is 5.91 Å². The Morgan fingerprint density at radius 2 is 1.95 bits per heavy atom. The first-order valence-corrected chi connectivity index (χ1v) is 6.52. The van der Waals surface area contributed by atoms with Crippen molar-refractivity contribution in [2.24, 2.45) is 0 Å². The van der Waals surface area contributed by atoms with Gasteiger partial charge in [0, 0.05) is 29.4 Å². The van der Waals surface area contributed by atoms with Crippen molar-refractivity contribution in [3.05, 3.63) is 59.2 Å². The molecular weight excluding hydrogens is 274 g/mol. The largest absolute Gasteiger partial charge is 0.355 e. The zero-order valence-corrected chi connectivity index (χ0v) is 11.6. The molecule has 2 aromatic heterocycles. The van der Waals surface area contributed by atoms with Crippen LogP contribution >= 0.6 is 11.6 Å². The number of pyridine rings is 1. The average molecular weight is 286 g/mol. The predicted octanol–water partition coefficient (Wildman–Crippen LogP) is 3.01. The first-order valence-electron chi connectivity index (χ1n) is 6.15. The Morgan fingerprint density at radius 3 is 2.65 bits per heavy atom. The number of benzene rings is 1. The van der Waals surface area contributed by atoms with E-state index in [1.54, 1.807) is 23.8 Å². The van der Waals surface area contributed by atoms with Gasteiger partial charge in [-0.3, -0.25) is 4.79 Å². The van der Waals surface area contributed by atoms with Crippen LogP contribution in [0.2, 0.25) is 5.02 Å². The molecule has 3 aromatic rings. The third-order valence-electron chi connectivity index (χ3n) is 3.09. The van der Waals surface area contributed by atoms with Crippen LogP contribution in [-0.4, -0.2) is 22.6 Å². The van der Waals surface area contributed by atoms with E-state index in [9.17, 15) is 4.79 Å². The van der Waals surface area contributed by atoms with Gasteiger partial charge < -0.3 is 5.32 Å². The van der Waals surface area contributed by atoms with Crippen molar-refractivity contribution < 1.29 is 4.79 Å². The van der Waals surface area contributed by atoms with Gasteiger partial charge in [0.25, 0.3) is 5.91 Å². The molecule has 3 rings (SSSR count). The molecule has 0 fully saturated rings. The van der Waals surface area contributed by atoms with Crippen molar-refractivity contribution in [3.8, 4) is 11.3 Å². The van der Waals surface area contributed by atoms with Crippen LogP contribution in [-0.2, 0) is 0 Å². The number of nitrogens with zero attached hydrogens (tertiary/aromatic N) is 2. The van der Waals surface area contributed by atoms with Crippen LogP contribution in [0.4, 0.5) is 0 Å². The number of fused-ring (bicyclic) bond motifs is 1. The van der Waals surface area contributed by atoms with Crippen molar-refractivity contribution in [2.45, 2.75) is 0 Å². The van der Waals surface area contributed by atoms with Crippen molar-refractivity contribution in [1.29, 1.82) is 0 Å². The molecule has 2 heterocycles. The SMILES string of the molecule is CNC(=O)c1ccn2nc(-c3ccc(Cl)cc3)cc2c1. The van der Waals surface area contributed by atoms with Crippen molar-refractivity contribution in [1.82, 2.24) is 14.9 Å². The Hall–Kier alpha value is -2.33. The van der Waals surface area contributed by atoms with Gasteiger partial charge in [0.15, 0.2) is 0 Å². The minimum atomic E-state index is -0.109. The van der Waals surface area contributed by atoms with Gasteiger partial charge >= 0.3 is 0 Å². The summed E-state index contributed by atoms with van der Waals surface area (Å²) in [6, 6.07) is 13.0. The Bertz CT molecular complexity index is 777. The summed E-state index contributed by atoms with van der Waals surface area (Å²) in [5, 5.41) is 7.78. The summed E-state index contributed by atoms with van der Waals surface area (Å²) in [4.78, 5) is 11.6. The maximum atomic E-state index is 11.6. The third-order valence-corrected chi connectivity index (χ3v) is 3.34. The smallest absolute Gasteiger partial charge is 0.251 e. The monoisotopic (exact) mass is 285 g/mol. The lowest BCUT2D eigenvalue weighted by molar-refractivity contribution is 0.0963. The summed E-state index contributed by atoms with van der Waals surface area (Å²) in [5.74, 6) is -0.109. The third kappa shape index (κ3) is 2.26. The molecule has 100 valence electrons. The molecule has 0 aliphatic heterocycles. The normalized spacial score (nSPS) is 10.7. The Labute approximate surface area is 121 Å². The number of carbonyl (C=O) groups is 1. The highest BCUT2D eigenvalue weighted by molar-refractivity contribution is 6.30. The van der Waals surface area contributed by atoms with Crippen LogP contribution in [0.15, 0.2) is 48.7 Å². The summed E-state index contributed by atoms with van der Waals surface area (Å²) < 4.78 is 1.75. The van der Waals surface area contributed by atoms with E-state index >= 15 is 0 Å². The molecule has 4 nitrogen and oxygen atoms in total. The first-order chi connectivity index (χ1) is 9.67. The maximum absolute atomic E-state index is 11.6. The van der Waals surface area contributed by atoms with Gasteiger partial charge in [-0.25, -0.2) is 4.52 Å². The van der Waals surface area contributed by atoms with E-state index in [0.717, 1.165) is 16.8 Å². The van der Waals surface area contributed by atoms with E-state index in [4.69, 9.17) is 11.6 Å². The van der Waals surface area contributed by atoms with Crippen LogP contribution < -0.4 is 5.32 Å². The summed E-state index contributed by atoms with van der Waals surface area (Å²) >= 11 is 5.88. The van der Waals surface area contributed by atoms with E-state index < -0.39 is 0 Å². The highest BCUT2D eigenvalue weighted by atomic mass is 35.5. The van der Waals surface area contributed by atoms with Gasteiger partial charge in [-0.05, 0) is 30.3 Å². The predicted molar refractivity (Wildman–Crippen MR) is 79.0 cm³/mol. The molecule has 0 aliphatic carbocycles. The number of nitrogens with one attached hydrogen (secondary N) is 1. The minimum absolute atomic E-state index is 0.109. The standard InChI is InChI=1S/C15H12ClN3O/c1-17-15(20)11-6-7-19-13(8-11)9-14(18-19)10-2-4-12(16)5-3-10/h2-9H,1H3,(H,17,20). The van der Waals surface area contributed by atoms with E-state index in [1.165, 1.54) is 0 Å². The van der Waals surface area contributed by atoms with E-state index in [1.807, 2.05) is 36.4 Å². The Balaban J connectivity index is 2.06. The maximum Gasteiger partial charge on any atom is 0.251 e. The minimum Gasteiger partial charge on any atom is -0.355 e. The van der Waals surface area contributed by atoms with Gasteiger partial charge in [-0.15, -0.1) is 0 Å². The number of rotatable bonds is 2. The lowest BCUT2D eigenvalue weighted by Crippen LogP contribution is -2.17. The fraction of sp³-hybridized carbons (Fsp3) is 0.0667. The van der Waals surface area contributed by atoms with Crippen LogP contribution in [0, 0.1) is 0 Å². The molecule has 0 unspecified atom stereocenters. The molecule has 0 bridgehead atoms. The second kappa shape index (κ2) is 4.98. The second-order valence-corrected chi connectivity index (χ2v) is 4.84. The molecule has 1 aromatic carbocycles. The van der Waals surface area contributed by atoms with Crippen LogP contribution in [0.1, 0.15) is 10.4 Å². The van der Waals surface area contributed by atoms with Gasteiger partial charge in [-0.2, -0.15) is 5.10 Å². The Morgan fingerprint density at radius 1 is 1.20 bits per heavy atom. The number of hydrogen-bond acceptors (Lipinski definition) is 2. The number of amides is 1. The molecule has 0 aliphatic rings. The molecule has 0 radical (unpaired) electrons. The molecule has 20 heavy (non-hydrogen) atoms. The van der Waals surface area contributed by atoms with Crippen molar-refractivity contribution in [3.63, 3.8) is 0 Å². The van der Waals surface area contributed by atoms with Crippen molar-refractivity contribution >= 4 is 23.0 Å². The highest BCUT2D eigenvalue weighted by Gasteiger charge is 2.08. The number of aromatic nitrogens is 2. The highest BCUT2D eigenvalue weighted by Crippen LogP contribution is 2.22. The zero-order chi connectivity index (χ0) is 14.1. The number of carbonyl (C=O) groups excluding carboxylic acids is 1.